The van der Waals surface area contributed by atoms with Crippen molar-refractivity contribution in [3.05, 3.63) is 23.4 Å². The summed E-state index contributed by atoms with van der Waals surface area (Å²) in [5.74, 6) is -0.137. The second-order valence-corrected chi connectivity index (χ2v) is 2.35. The van der Waals surface area contributed by atoms with E-state index in [1.165, 1.54) is 19.4 Å². The zero-order valence-electron chi connectivity index (χ0n) is 7.00. The van der Waals surface area contributed by atoms with E-state index in [9.17, 15) is 8.78 Å². The van der Waals surface area contributed by atoms with Crippen LogP contribution in [0.5, 0.6) is 5.88 Å². The van der Waals surface area contributed by atoms with Crippen molar-refractivity contribution in [3.8, 4) is 5.88 Å². The molecule has 0 unspecified atom stereocenters. The number of pyridine rings is 1. The van der Waals surface area contributed by atoms with E-state index in [0.29, 0.717) is 0 Å². The molecular formula is C8H9F2NO2. The maximum atomic E-state index is 12.4. The summed E-state index contributed by atoms with van der Waals surface area (Å²) in [6.07, 6.45) is -1.37. The molecule has 13 heavy (non-hydrogen) atoms. The molecule has 3 nitrogen and oxygen atoms in total. The number of methoxy groups -OCH3 is 1. The Morgan fingerprint density at radius 1 is 1.62 bits per heavy atom. The van der Waals surface area contributed by atoms with E-state index in [1.807, 2.05) is 0 Å². The molecule has 0 atom stereocenters. The molecule has 5 heteroatoms. The van der Waals surface area contributed by atoms with Crippen molar-refractivity contribution in [2.45, 2.75) is 13.0 Å². The van der Waals surface area contributed by atoms with Gasteiger partial charge in [0.1, 0.15) is 0 Å². The molecule has 0 amide bonds. The first-order valence-corrected chi connectivity index (χ1v) is 3.61. The number of hydrogen-bond donors (Lipinski definition) is 1. The van der Waals surface area contributed by atoms with E-state index in [2.05, 4.69) is 9.72 Å². The smallest absolute Gasteiger partial charge is 0.269 e. The van der Waals surface area contributed by atoms with Crippen LogP contribution >= 0.6 is 0 Å². The standard InChI is InChI=1S/C8H9F2NO2/c1-13-8-6(7(9)10)5(4-12)2-3-11-8/h2-3,7,12H,4H2,1H3. The molecule has 0 bridgehead atoms. The van der Waals surface area contributed by atoms with Gasteiger partial charge in [-0.05, 0) is 11.6 Å². The molecule has 72 valence electrons. The quantitative estimate of drug-likeness (QED) is 0.783. The molecule has 1 aromatic rings. The number of aliphatic hydroxyl groups is 1. The first kappa shape index (κ1) is 9.85. The fraction of sp³-hybridized carbons (Fsp3) is 0.375. The Kier molecular flexibility index (Phi) is 3.13. The summed E-state index contributed by atoms with van der Waals surface area (Å²) in [6, 6.07) is 1.34. The Labute approximate surface area is 74.0 Å². The van der Waals surface area contributed by atoms with Gasteiger partial charge in [-0.3, -0.25) is 0 Å². The highest BCUT2D eigenvalue weighted by Gasteiger charge is 2.18. The van der Waals surface area contributed by atoms with Crippen LogP contribution in [-0.4, -0.2) is 17.2 Å². The van der Waals surface area contributed by atoms with Gasteiger partial charge in [-0.15, -0.1) is 0 Å². The number of aromatic nitrogens is 1. The Balaban J connectivity index is 3.21. The molecule has 0 radical (unpaired) electrons. The molecule has 0 aromatic carbocycles. The van der Waals surface area contributed by atoms with E-state index < -0.39 is 13.0 Å². The van der Waals surface area contributed by atoms with E-state index in [0.717, 1.165) is 0 Å². The number of rotatable bonds is 3. The van der Waals surface area contributed by atoms with E-state index in [1.54, 1.807) is 0 Å². The molecule has 1 aromatic heterocycles. The number of nitrogens with zero attached hydrogens (tertiary/aromatic N) is 1. The number of alkyl halides is 2. The zero-order chi connectivity index (χ0) is 9.84. The Morgan fingerprint density at radius 2 is 2.31 bits per heavy atom. The fourth-order valence-electron chi connectivity index (χ4n) is 1.03. The SMILES string of the molecule is COc1nccc(CO)c1C(F)F. The van der Waals surface area contributed by atoms with Crippen LogP contribution in [0.15, 0.2) is 12.3 Å². The number of aliphatic hydroxyl groups excluding tert-OH is 1. The highest BCUT2D eigenvalue weighted by molar-refractivity contribution is 5.34. The summed E-state index contributed by atoms with van der Waals surface area (Å²) < 4.78 is 29.5. The second kappa shape index (κ2) is 4.13. The van der Waals surface area contributed by atoms with Gasteiger partial charge in [-0.1, -0.05) is 0 Å². The van der Waals surface area contributed by atoms with E-state index in [4.69, 9.17) is 5.11 Å². The lowest BCUT2D eigenvalue weighted by atomic mass is 10.1. The van der Waals surface area contributed by atoms with Crippen molar-refractivity contribution >= 4 is 0 Å². The number of hydrogen-bond acceptors (Lipinski definition) is 3. The third-order valence-electron chi connectivity index (χ3n) is 1.63. The monoisotopic (exact) mass is 189 g/mol. The van der Waals surface area contributed by atoms with Crippen molar-refractivity contribution in [2.75, 3.05) is 7.11 Å². The molecule has 1 N–H and O–H groups in total. The van der Waals surface area contributed by atoms with Gasteiger partial charge < -0.3 is 9.84 Å². The first-order valence-electron chi connectivity index (χ1n) is 3.61. The topological polar surface area (TPSA) is 42.4 Å². The molecule has 0 aliphatic heterocycles. The van der Waals surface area contributed by atoms with Crippen molar-refractivity contribution in [3.63, 3.8) is 0 Å². The van der Waals surface area contributed by atoms with Crippen molar-refractivity contribution in [2.24, 2.45) is 0 Å². The van der Waals surface area contributed by atoms with Gasteiger partial charge in [0.15, 0.2) is 0 Å². The van der Waals surface area contributed by atoms with Crippen LogP contribution < -0.4 is 4.74 Å². The largest absolute Gasteiger partial charge is 0.481 e. The molecule has 0 saturated carbocycles. The first-order chi connectivity index (χ1) is 6.20. The maximum absolute atomic E-state index is 12.4. The maximum Gasteiger partial charge on any atom is 0.269 e. The minimum atomic E-state index is -2.69. The summed E-state index contributed by atoms with van der Waals surface area (Å²) in [6.45, 7) is -0.446. The van der Waals surface area contributed by atoms with Crippen molar-refractivity contribution < 1.29 is 18.6 Å². The van der Waals surface area contributed by atoms with Crippen LogP contribution in [0.4, 0.5) is 8.78 Å². The Bertz CT molecular complexity index is 269. The minimum Gasteiger partial charge on any atom is -0.481 e. The molecule has 0 aliphatic carbocycles. The lowest BCUT2D eigenvalue weighted by Gasteiger charge is -2.09. The van der Waals surface area contributed by atoms with E-state index >= 15 is 0 Å². The van der Waals surface area contributed by atoms with Crippen LogP contribution in [0.1, 0.15) is 17.6 Å². The highest BCUT2D eigenvalue weighted by atomic mass is 19.3. The van der Waals surface area contributed by atoms with Crippen LogP contribution in [0, 0.1) is 0 Å². The predicted molar refractivity (Wildman–Crippen MR) is 41.7 cm³/mol. The van der Waals surface area contributed by atoms with Gasteiger partial charge in [0.2, 0.25) is 5.88 Å². The third-order valence-corrected chi connectivity index (χ3v) is 1.63. The lowest BCUT2D eigenvalue weighted by Crippen LogP contribution is -2.00. The van der Waals surface area contributed by atoms with Crippen LogP contribution in [0.25, 0.3) is 0 Å². The molecular weight excluding hydrogens is 180 g/mol. The summed E-state index contributed by atoms with van der Waals surface area (Å²) in [7, 11) is 1.26. The second-order valence-electron chi connectivity index (χ2n) is 2.35. The van der Waals surface area contributed by atoms with Gasteiger partial charge in [-0.2, -0.15) is 0 Å². The van der Waals surface area contributed by atoms with Crippen LogP contribution in [0.3, 0.4) is 0 Å². The third kappa shape index (κ3) is 1.92. The molecule has 0 aliphatic rings. The zero-order valence-corrected chi connectivity index (χ0v) is 7.00. The highest BCUT2D eigenvalue weighted by Crippen LogP contribution is 2.29. The lowest BCUT2D eigenvalue weighted by molar-refractivity contribution is 0.141. The molecule has 1 rings (SSSR count). The van der Waals surface area contributed by atoms with Gasteiger partial charge in [0, 0.05) is 6.20 Å². The van der Waals surface area contributed by atoms with Crippen LogP contribution in [-0.2, 0) is 6.61 Å². The van der Waals surface area contributed by atoms with Gasteiger partial charge in [0.05, 0.1) is 19.3 Å². The Morgan fingerprint density at radius 3 is 2.77 bits per heavy atom. The summed E-state index contributed by atoms with van der Waals surface area (Å²) in [5, 5.41) is 8.77. The van der Waals surface area contributed by atoms with Crippen LogP contribution in [0.2, 0.25) is 0 Å². The van der Waals surface area contributed by atoms with Gasteiger partial charge in [0.25, 0.3) is 6.43 Å². The summed E-state index contributed by atoms with van der Waals surface area (Å²) in [5.41, 5.74) is -0.200. The Hall–Kier alpha value is -1.23. The minimum absolute atomic E-state index is 0.137. The molecule has 1 heterocycles. The number of ether oxygens (including phenoxy) is 1. The van der Waals surface area contributed by atoms with Gasteiger partial charge in [-0.25, -0.2) is 13.8 Å². The van der Waals surface area contributed by atoms with Crippen molar-refractivity contribution in [1.82, 2.24) is 4.98 Å². The average molecular weight is 189 g/mol. The summed E-state index contributed by atoms with van der Waals surface area (Å²) in [4.78, 5) is 3.61. The molecule has 0 spiro atoms. The predicted octanol–water partition coefficient (Wildman–Crippen LogP) is 1.52. The van der Waals surface area contributed by atoms with E-state index in [-0.39, 0.29) is 17.0 Å². The van der Waals surface area contributed by atoms with Gasteiger partial charge >= 0.3 is 0 Å². The average Bonchev–Trinajstić information content (AvgIpc) is 2.16. The normalized spacial score (nSPS) is 10.5. The van der Waals surface area contributed by atoms with Crippen molar-refractivity contribution in [1.29, 1.82) is 0 Å². The fourth-order valence-corrected chi connectivity index (χ4v) is 1.03. The summed E-state index contributed by atoms with van der Waals surface area (Å²) >= 11 is 0. The molecule has 0 saturated heterocycles. The molecule has 0 fully saturated rings. The number of halogens is 2.